The fourth-order valence-corrected chi connectivity index (χ4v) is 1.98. The zero-order chi connectivity index (χ0) is 9.97. The van der Waals surface area contributed by atoms with Gasteiger partial charge in [0.15, 0.2) is 0 Å². The molecule has 1 heterocycles. The maximum Gasteiger partial charge on any atom is 0.150 e. The van der Waals surface area contributed by atoms with Crippen LogP contribution >= 0.6 is 0 Å². The van der Waals surface area contributed by atoms with Gasteiger partial charge in [-0.2, -0.15) is 0 Å². The summed E-state index contributed by atoms with van der Waals surface area (Å²) in [6.07, 6.45) is 7.87. The molecule has 0 bridgehead atoms. The Morgan fingerprint density at radius 2 is 1.86 bits per heavy atom. The third-order valence-electron chi connectivity index (χ3n) is 2.84. The molecule has 1 fully saturated rings. The molecule has 4 N–H and O–H groups in total. The van der Waals surface area contributed by atoms with Crippen LogP contribution in [0.3, 0.4) is 0 Å². The minimum atomic E-state index is 0.417. The molecular formula is C10H16N4. The maximum absolute atomic E-state index is 5.65. The number of nitrogen functional groups attached to an aromatic ring is 2. The van der Waals surface area contributed by atoms with Crippen molar-refractivity contribution in [3.05, 3.63) is 12.0 Å². The van der Waals surface area contributed by atoms with Gasteiger partial charge in [0.05, 0.1) is 11.9 Å². The highest BCUT2D eigenvalue weighted by atomic mass is 15.0. The molecule has 2 rings (SSSR count). The molecule has 4 nitrogen and oxygen atoms in total. The molecule has 0 amide bonds. The van der Waals surface area contributed by atoms with Crippen LogP contribution in [0, 0.1) is 0 Å². The van der Waals surface area contributed by atoms with Crippen LogP contribution in [-0.4, -0.2) is 9.97 Å². The number of nitrogens with two attached hydrogens (primary N) is 2. The summed E-state index contributed by atoms with van der Waals surface area (Å²) in [6, 6.07) is 0. The quantitative estimate of drug-likeness (QED) is 0.709. The first-order valence-corrected chi connectivity index (χ1v) is 5.15. The van der Waals surface area contributed by atoms with Gasteiger partial charge in [-0.05, 0) is 12.8 Å². The monoisotopic (exact) mass is 192 g/mol. The van der Waals surface area contributed by atoms with Gasteiger partial charge in [0, 0.05) is 5.92 Å². The largest absolute Gasteiger partial charge is 0.394 e. The molecule has 0 saturated heterocycles. The minimum Gasteiger partial charge on any atom is -0.394 e. The number of hydrogen-bond acceptors (Lipinski definition) is 4. The van der Waals surface area contributed by atoms with Crippen molar-refractivity contribution in [2.45, 2.75) is 38.0 Å². The molecule has 0 aliphatic heterocycles. The van der Waals surface area contributed by atoms with E-state index in [1.807, 2.05) is 0 Å². The number of hydrogen-bond donors (Lipinski definition) is 2. The third kappa shape index (κ3) is 1.78. The van der Waals surface area contributed by atoms with Crippen molar-refractivity contribution in [1.29, 1.82) is 0 Å². The summed E-state index contributed by atoms with van der Waals surface area (Å²) in [4.78, 5) is 8.48. The lowest BCUT2D eigenvalue weighted by atomic mass is 9.89. The van der Waals surface area contributed by atoms with E-state index in [4.69, 9.17) is 11.5 Å². The summed E-state index contributed by atoms with van der Waals surface area (Å²) in [6.45, 7) is 0. The average Bonchev–Trinajstić information content (AvgIpc) is 2.23. The molecule has 1 aliphatic carbocycles. The lowest BCUT2D eigenvalue weighted by Gasteiger charge is -2.20. The van der Waals surface area contributed by atoms with E-state index in [9.17, 15) is 0 Å². The molecule has 0 spiro atoms. The smallest absolute Gasteiger partial charge is 0.150 e. The summed E-state index contributed by atoms with van der Waals surface area (Å²) >= 11 is 0. The van der Waals surface area contributed by atoms with Gasteiger partial charge < -0.3 is 11.5 Å². The van der Waals surface area contributed by atoms with Crippen molar-refractivity contribution in [2.75, 3.05) is 11.5 Å². The van der Waals surface area contributed by atoms with Crippen molar-refractivity contribution in [2.24, 2.45) is 0 Å². The van der Waals surface area contributed by atoms with Crippen LogP contribution in [0.5, 0.6) is 0 Å². The number of anilines is 2. The van der Waals surface area contributed by atoms with E-state index in [-0.39, 0.29) is 0 Å². The van der Waals surface area contributed by atoms with E-state index >= 15 is 0 Å². The topological polar surface area (TPSA) is 77.8 Å². The predicted molar refractivity (Wildman–Crippen MR) is 56.7 cm³/mol. The Kier molecular flexibility index (Phi) is 2.52. The second kappa shape index (κ2) is 3.82. The summed E-state index contributed by atoms with van der Waals surface area (Å²) in [5.41, 5.74) is 11.7. The molecular weight excluding hydrogens is 176 g/mol. The molecule has 1 saturated carbocycles. The Labute approximate surface area is 83.7 Å². The van der Waals surface area contributed by atoms with Crippen LogP contribution < -0.4 is 11.5 Å². The van der Waals surface area contributed by atoms with Crippen LogP contribution in [0.2, 0.25) is 0 Å². The van der Waals surface area contributed by atoms with E-state index in [2.05, 4.69) is 9.97 Å². The molecule has 0 aromatic carbocycles. The Morgan fingerprint density at radius 1 is 1.14 bits per heavy atom. The molecule has 1 aromatic heterocycles. The maximum atomic E-state index is 5.65. The van der Waals surface area contributed by atoms with Crippen molar-refractivity contribution >= 4 is 11.5 Å². The van der Waals surface area contributed by atoms with E-state index in [1.54, 1.807) is 6.20 Å². The molecule has 0 unspecified atom stereocenters. The zero-order valence-electron chi connectivity index (χ0n) is 8.24. The van der Waals surface area contributed by atoms with Gasteiger partial charge in [-0.3, -0.25) is 0 Å². The van der Waals surface area contributed by atoms with Crippen molar-refractivity contribution in [3.63, 3.8) is 0 Å². The first-order valence-electron chi connectivity index (χ1n) is 5.15. The highest BCUT2D eigenvalue weighted by Gasteiger charge is 2.18. The van der Waals surface area contributed by atoms with Crippen molar-refractivity contribution in [3.8, 4) is 0 Å². The lowest BCUT2D eigenvalue weighted by molar-refractivity contribution is 0.429. The normalized spacial score (nSPS) is 18.3. The SMILES string of the molecule is Nc1cnc(C2CCCCC2)nc1N. The van der Waals surface area contributed by atoms with Gasteiger partial charge in [0.25, 0.3) is 0 Å². The van der Waals surface area contributed by atoms with Gasteiger partial charge >= 0.3 is 0 Å². The fraction of sp³-hybridized carbons (Fsp3) is 0.600. The van der Waals surface area contributed by atoms with Gasteiger partial charge in [-0.15, -0.1) is 0 Å². The van der Waals surface area contributed by atoms with Crippen LogP contribution in [0.15, 0.2) is 6.20 Å². The summed E-state index contributed by atoms with van der Waals surface area (Å²) < 4.78 is 0. The Balaban J connectivity index is 2.18. The van der Waals surface area contributed by atoms with Crippen molar-refractivity contribution < 1.29 is 0 Å². The van der Waals surface area contributed by atoms with Gasteiger partial charge in [0.2, 0.25) is 0 Å². The summed E-state index contributed by atoms with van der Waals surface area (Å²) in [5.74, 6) is 1.78. The van der Waals surface area contributed by atoms with Gasteiger partial charge in [0.1, 0.15) is 11.6 Å². The van der Waals surface area contributed by atoms with Crippen LogP contribution in [0.4, 0.5) is 11.5 Å². The van der Waals surface area contributed by atoms with Crippen molar-refractivity contribution in [1.82, 2.24) is 9.97 Å². The van der Waals surface area contributed by atoms with E-state index in [1.165, 1.54) is 32.1 Å². The molecule has 4 heteroatoms. The first kappa shape index (κ1) is 9.24. The predicted octanol–water partition coefficient (Wildman–Crippen LogP) is 1.69. The standard InChI is InChI=1S/C10H16N4/c11-8-6-13-10(14-9(8)12)7-4-2-1-3-5-7/h6-7H,1-5,11H2,(H2,12,13,14). The van der Waals surface area contributed by atoms with Gasteiger partial charge in [-0.25, -0.2) is 9.97 Å². The van der Waals surface area contributed by atoms with Crippen LogP contribution in [-0.2, 0) is 0 Å². The molecule has 1 aromatic rings. The Bertz CT molecular complexity index is 318. The van der Waals surface area contributed by atoms with Gasteiger partial charge in [-0.1, -0.05) is 19.3 Å². The molecule has 14 heavy (non-hydrogen) atoms. The highest BCUT2D eigenvalue weighted by molar-refractivity contribution is 5.56. The fourth-order valence-electron chi connectivity index (χ4n) is 1.98. The zero-order valence-corrected chi connectivity index (χ0v) is 8.24. The van der Waals surface area contributed by atoms with E-state index in [0.717, 1.165) is 5.82 Å². The Morgan fingerprint density at radius 3 is 2.50 bits per heavy atom. The Hall–Kier alpha value is -1.32. The molecule has 1 aliphatic rings. The summed E-state index contributed by atoms with van der Waals surface area (Å²) in [7, 11) is 0. The molecule has 76 valence electrons. The average molecular weight is 192 g/mol. The number of rotatable bonds is 1. The minimum absolute atomic E-state index is 0.417. The number of nitrogens with zero attached hydrogens (tertiary/aromatic N) is 2. The number of aromatic nitrogens is 2. The second-order valence-corrected chi connectivity index (χ2v) is 3.90. The highest BCUT2D eigenvalue weighted by Crippen LogP contribution is 2.31. The summed E-state index contributed by atoms with van der Waals surface area (Å²) in [5, 5.41) is 0. The van der Waals surface area contributed by atoms with E-state index in [0.29, 0.717) is 17.4 Å². The van der Waals surface area contributed by atoms with Crippen LogP contribution in [0.25, 0.3) is 0 Å². The van der Waals surface area contributed by atoms with Crippen LogP contribution in [0.1, 0.15) is 43.8 Å². The lowest BCUT2D eigenvalue weighted by Crippen LogP contribution is -2.11. The second-order valence-electron chi connectivity index (χ2n) is 3.90. The first-order chi connectivity index (χ1) is 6.77. The van der Waals surface area contributed by atoms with E-state index < -0.39 is 0 Å². The molecule has 0 radical (unpaired) electrons. The molecule has 0 atom stereocenters. The third-order valence-corrected chi connectivity index (χ3v) is 2.84.